The van der Waals surface area contributed by atoms with E-state index in [-0.39, 0.29) is 0 Å². The lowest BCUT2D eigenvalue weighted by Crippen LogP contribution is -1.97. The minimum Gasteiger partial charge on any atom is -0.456 e. The summed E-state index contributed by atoms with van der Waals surface area (Å²) in [5.41, 5.74) is 12.3. The van der Waals surface area contributed by atoms with Crippen molar-refractivity contribution in [1.82, 2.24) is 9.97 Å². The maximum absolute atomic E-state index is 6.76. The SMILES string of the molecule is c1ccc(-c2cc(-c3ccccc3-c3ccccc3)nc(-c3ccc(-c4cccc5oc6ccccc6c45)c4c3oc3ccccc34)n2)cc1. The van der Waals surface area contributed by atoms with Gasteiger partial charge in [-0.1, -0.05) is 140 Å². The van der Waals surface area contributed by atoms with Gasteiger partial charge in [0.15, 0.2) is 5.82 Å². The van der Waals surface area contributed by atoms with E-state index < -0.39 is 0 Å². The van der Waals surface area contributed by atoms with E-state index >= 15 is 0 Å². The van der Waals surface area contributed by atoms with Crippen molar-refractivity contribution in [2.75, 3.05) is 0 Å². The molecule has 0 fully saturated rings. The third-order valence-electron chi connectivity index (χ3n) is 9.54. The zero-order valence-electron chi connectivity index (χ0n) is 26.9. The van der Waals surface area contributed by atoms with Crippen LogP contribution in [0.1, 0.15) is 0 Å². The molecule has 0 aliphatic carbocycles. The molecule has 0 amide bonds. The highest BCUT2D eigenvalue weighted by Gasteiger charge is 2.22. The Bertz CT molecular complexity index is 2870. The van der Waals surface area contributed by atoms with Crippen LogP contribution in [0, 0.1) is 0 Å². The van der Waals surface area contributed by atoms with Crippen molar-refractivity contribution < 1.29 is 8.83 Å². The predicted octanol–water partition coefficient (Wildman–Crippen LogP) is 12.6. The van der Waals surface area contributed by atoms with Crippen LogP contribution in [0.3, 0.4) is 0 Å². The van der Waals surface area contributed by atoms with E-state index in [1.165, 1.54) is 0 Å². The maximum Gasteiger partial charge on any atom is 0.164 e. The molecule has 0 unspecified atom stereocenters. The van der Waals surface area contributed by atoms with Crippen molar-refractivity contribution in [1.29, 1.82) is 0 Å². The van der Waals surface area contributed by atoms with Crippen LogP contribution in [-0.4, -0.2) is 9.97 Å². The Labute approximate surface area is 287 Å². The summed E-state index contributed by atoms with van der Waals surface area (Å²) in [5.74, 6) is 0.604. The molecular formula is C46H28N2O2. The van der Waals surface area contributed by atoms with Crippen LogP contribution in [0.5, 0.6) is 0 Å². The summed E-state index contributed by atoms with van der Waals surface area (Å²) in [6.07, 6.45) is 0. The summed E-state index contributed by atoms with van der Waals surface area (Å²) in [4.78, 5) is 10.5. The van der Waals surface area contributed by atoms with Crippen molar-refractivity contribution in [2.24, 2.45) is 0 Å². The quantitative estimate of drug-likeness (QED) is 0.188. The molecule has 0 aliphatic heterocycles. The van der Waals surface area contributed by atoms with Gasteiger partial charge in [0.1, 0.15) is 22.3 Å². The summed E-state index contributed by atoms with van der Waals surface area (Å²) in [6.45, 7) is 0. The molecular weight excluding hydrogens is 613 g/mol. The molecule has 3 aromatic heterocycles. The Kier molecular flexibility index (Phi) is 6.46. The summed E-state index contributed by atoms with van der Waals surface area (Å²) in [5, 5.41) is 4.24. The molecule has 0 saturated carbocycles. The van der Waals surface area contributed by atoms with Gasteiger partial charge in [-0.05, 0) is 52.6 Å². The molecule has 3 heterocycles. The van der Waals surface area contributed by atoms with Gasteiger partial charge in [0.25, 0.3) is 0 Å². The van der Waals surface area contributed by atoms with Crippen molar-refractivity contribution in [2.45, 2.75) is 0 Å². The van der Waals surface area contributed by atoms with Gasteiger partial charge in [-0.15, -0.1) is 0 Å². The Morgan fingerprint density at radius 1 is 0.340 bits per heavy atom. The van der Waals surface area contributed by atoms with Gasteiger partial charge in [-0.3, -0.25) is 0 Å². The van der Waals surface area contributed by atoms with Crippen LogP contribution < -0.4 is 0 Å². The van der Waals surface area contributed by atoms with Crippen LogP contribution in [-0.2, 0) is 0 Å². The molecule has 4 nitrogen and oxygen atoms in total. The number of aromatic nitrogens is 2. The normalized spacial score (nSPS) is 11.6. The lowest BCUT2D eigenvalue weighted by Gasteiger charge is -2.14. The van der Waals surface area contributed by atoms with Crippen molar-refractivity contribution in [3.63, 3.8) is 0 Å². The molecule has 0 aliphatic rings. The standard InChI is InChI=1S/C46H28N2O2/c1-3-14-29(15-4-1)31-18-7-8-19-32(31)39-28-38(30-16-5-2-6-17-30)47-46(48-39)37-27-26-34(44-36-21-10-12-24-41(36)50-45(37)44)33-22-13-25-42-43(33)35-20-9-11-23-40(35)49-42/h1-28H. The Morgan fingerprint density at radius 3 is 1.66 bits per heavy atom. The molecule has 0 saturated heterocycles. The smallest absolute Gasteiger partial charge is 0.164 e. The number of fused-ring (bicyclic) bond motifs is 6. The first-order valence-corrected chi connectivity index (χ1v) is 16.7. The van der Waals surface area contributed by atoms with Gasteiger partial charge < -0.3 is 8.83 Å². The maximum atomic E-state index is 6.76. The number of benzene rings is 7. The zero-order valence-corrected chi connectivity index (χ0v) is 26.9. The topological polar surface area (TPSA) is 52.1 Å². The van der Waals surface area contributed by atoms with Crippen molar-refractivity contribution >= 4 is 43.9 Å². The number of nitrogens with zero attached hydrogens (tertiary/aromatic N) is 2. The summed E-state index contributed by atoms with van der Waals surface area (Å²) >= 11 is 0. The van der Waals surface area contributed by atoms with E-state index in [4.69, 9.17) is 18.8 Å². The first-order chi connectivity index (χ1) is 24.8. The van der Waals surface area contributed by atoms with Crippen molar-refractivity contribution in [3.05, 3.63) is 170 Å². The molecule has 10 rings (SSSR count). The highest BCUT2D eigenvalue weighted by atomic mass is 16.3. The highest BCUT2D eigenvalue weighted by Crippen LogP contribution is 2.45. The second-order valence-electron chi connectivity index (χ2n) is 12.5. The number of hydrogen-bond acceptors (Lipinski definition) is 4. The molecule has 0 bridgehead atoms. The first-order valence-electron chi connectivity index (χ1n) is 16.7. The van der Waals surface area contributed by atoms with E-state index in [0.29, 0.717) is 5.82 Å². The largest absolute Gasteiger partial charge is 0.456 e. The predicted molar refractivity (Wildman–Crippen MR) is 204 cm³/mol. The van der Waals surface area contributed by atoms with Gasteiger partial charge in [0.05, 0.1) is 17.0 Å². The fourth-order valence-corrected chi connectivity index (χ4v) is 7.27. The van der Waals surface area contributed by atoms with Gasteiger partial charge in [-0.25, -0.2) is 9.97 Å². The van der Waals surface area contributed by atoms with E-state index in [9.17, 15) is 0 Å². The van der Waals surface area contributed by atoms with Gasteiger partial charge >= 0.3 is 0 Å². The molecule has 10 aromatic rings. The number of furan rings is 2. The minimum absolute atomic E-state index is 0.604. The summed E-state index contributed by atoms with van der Waals surface area (Å²) in [6, 6.07) is 58.3. The monoisotopic (exact) mass is 640 g/mol. The fraction of sp³-hybridized carbons (Fsp3) is 0. The van der Waals surface area contributed by atoms with E-state index in [1.807, 2.05) is 54.6 Å². The molecule has 7 aromatic carbocycles. The summed E-state index contributed by atoms with van der Waals surface area (Å²) < 4.78 is 13.1. The van der Waals surface area contributed by atoms with Crippen LogP contribution in [0.4, 0.5) is 0 Å². The van der Waals surface area contributed by atoms with Gasteiger partial charge in [-0.2, -0.15) is 0 Å². The van der Waals surface area contributed by atoms with E-state index in [1.54, 1.807) is 0 Å². The second-order valence-corrected chi connectivity index (χ2v) is 12.5. The molecule has 234 valence electrons. The van der Waals surface area contributed by atoms with Crippen LogP contribution in [0.2, 0.25) is 0 Å². The molecule has 50 heavy (non-hydrogen) atoms. The Balaban J connectivity index is 1.26. The fourth-order valence-electron chi connectivity index (χ4n) is 7.27. The molecule has 4 heteroatoms. The molecule has 0 N–H and O–H groups in total. The second kappa shape index (κ2) is 11.4. The van der Waals surface area contributed by atoms with E-state index in [0.717, 1.165) is 94.2 Å². The van der Waals surface area contributed by atoms with Crippen LogP contribution >= 0.6 is 0 Å². The average Bonchev–Trinajstić information content (AvgIpc) is 3.77. The lowest BCUT2D eigenvalue weighted by molar-refractivity contribution is 0.668. The summed E-state index contributed by atoms with van der Waals surface area (Å²) in [7, 11) is 0. The van der Waals surface area contributed by atoms with Gasteiger partial charge in [0, 0.05) is 32.7 Å². The minimum atomic E-state index is 0.604. The number of para-hydroxylation sites is 2. The lowest BCUT2D eigenvalue weighted by atomic mass is 9.93. The third-order valence-corrected chi connectivity index (χ3v) is 9.54. The van der Waals surface area contributed by atoms with Crippen LogP contribution in [0.25, 0.3) is 100 Å². The third kappa shape index (κ3) is 4.54. The zero-order chi connectivity index (χ0) is 33.0. The Morgan fingerprint density at radius 2 is 0.880 bits per heavy atom. The first kappa shape index (κ1) is 28.3. The Hall–Kier alpha value is -6.78. The molecule has 0 atom stereocenters. The number of hydrogen-bond donors (Lipinski definition) is 0. The van der Waals surface area contributed by atoms with E-state index in [2.05, 4.69) is 115 Å². The highest BCUT2D eigenvalue weighted by molar-refractivity contribution is 6.21. The average molecular weight is 641 g/mol. The van der Waals surface area contributed by atoms with Gasteiger partial charge in [0.2, 0.25) is 0 Å². The van der Waals surface area contributed by atoms with Crippen molar-refractivity contribution in [3.8, 4) is 56.2 Å². The number of rotatable bonds is 5. The molecule has 0 spiro atoms. The van der Waals surface area contributed by atoms with Crippen LogP contribution in [0.15, 0.2) is 179 Å². The molecule has 0 radical (unpaired) electrons.